The molecule has 0 saturated heterocycles. The molecule has 82 valence electrons. The molecule has 0 aliphatic heterocycles. The van der Waals surface area contributed by atoms with Crippen molar-refractivity contribution in [2.45, 2.75) is 6.92 Å². The second-order valence-corrected chi connectivity index (χ2v) is 3.32. The Balaban J connectivity index is 2.24. The van der Waals surface area contributed by atoms with Crippen LogP contribution in [0.1, 0.15) is 5.56 Å². The molecule has 1 aromatic heterocycles. The number of carboxylic acid groups (broad SMARTS) is 1. The molecule has 0 unspecified atom stereocenters. The Morgan fingerprint density at radius 3 is 2.69 bits per heavy atom. The van der Waals surface area contributed by atoms with Gasteiger partial charge in [-0.2, -0.15) is 5.10 Å². The summed E-state index contributed by atoms with van der Waals surface area (Å²) in [5, 5.41) is 12.4. The van der Waals surface area contributed by atoms with E-state index < -0.39 is 6.16 Å². The third-order valence-corrected chi connectivity index (χ3v) is 2.06. The fourth-order valence-electron chi connectivity index (χ4n) is 1.30. The van der Waals surface area contributed by atoms with Gasteiger partial charge >= 0.3 is 6.16 Å². The Kier molecular flexibility index (Phi) is 2.59. The molecule has 0 aliphatic carbocycles. The number of aryl methyl sites for hydroxylation is 1. The van der Waals surface area contributed by atoms with E-state index in [-0.39, 0.29) is 5.75 Å². The van der Waals surface area contributed by atoms with Gasteiger partial charge < -0.3 is 9.84 Å². The van der Waals surface area contributed by atoms with Crippen LogP contribution in [-0.2, 0) is 0 Å². The zero-order valence-corrected chi connectivity index (χ0v) is 8.62. The van der Waals surface area contributed by atoms with Crippen LogP contribution in [-0.4, -0.2) is 21.0 Å². The molecule has 5 nitrogen and oxygen atoms in total. The van der Waals surface area contributed by atoms with Crippen molar-refractivity contribution in [1.82, 2.24) is 9.78 Å². The molecule has 0 radical (unpaired) electrons. The van der Waals surface area contributed by atoms with E-state index in [9.17, 15) is 4.79 Å². The molecule has 0 atom stereocenters. The molecule has 0 aliphatic rings. The molecular formula is C11H10N2O3. The van der Waals surface area contributed by atoms with Gasteiger partial charge in [-0.05, 0) is 19.1 Å². The Morgan fingerprint density at radius 2 is 2.06 bits per heavy atom. The van der Waals surface area contributed by atoms with Crippen LogP contribution in [0.2, 0.25) is 0 Å². The van der Waals surface area contributed by atoms with Crippen molar-refractivity contribution < 1.29 is 14.6 Å². The van der Waals surface area contributed by atoms with Gasteiger partial charge in [-0.15, -0.1) is 0 Å². The summed E-state index contributed by atoms with van der Waals surface area (Å²) in [5.74, 6) is 0.202. The number of hydrogen-bond acceptors (Lipinski definition) is 3. The largest absolute Gasteiger partial charge is 0.511 e. The fraction of sp³-hybridized carbons (Fsp3) is 0.0909. The Bertz CT molecular complexity index is 502. The lowest BCUT2D eigenvalue weighted by atomic mass is 10.2. The number of ether oxygens (including phenoxy) is 1. The Hall–Kier alpha value is -2.30. The van der Waals surface area contributed by atoms with Gasteiger partial charge in [-0.25, -0.2) is 9.48 Å². The summed E-state index contributed by atoms with van der Waals surface area (Å²) in [5.41, 5.74) is 2.00. The quantitative estimate of drug-likeness (QED) is 0.785. The molecule has 0 spiro atoms. The van der Waals surface area contributed by atoms with E-state index in [1.165, 1.54) is 12.4 Å². The highest BCUT2D eigenvalue weighted by Crippen LogP contribution is 2.14. The SMILES string of the molecule is Cc1ccc(-n2cc(OC(=O)O)cn2)cc1. The number of carbonyl (C=O) groups is 1. The van der Waals surface area contributed by atoms with Crippen molar-refractivity contribution in [1.29, 1.82) is 0 Å². The van der Waals surface area contributed by atoms with Gasteiger partial charge in [0.2, 0.25) is 0 Å². The van der Waals surface area contributed by atoms with Gasteiger partial charge in [-0.3, -0.25) is 0 Å². The lowest BCUT2D eigenvalue weighted by Crippen LogP contribution is -2.01. The van der Waals surface area contributed by atoms with Crippen molar-refractivity contribution in [3.8, 4) is 11.4 Å². The predicted molar refractivity (Wildman–Crippen MR) is 57.0 cm³/mol. The van der Waals surface area contributed by atoms with E-state index in [0.29, 0.717) is 0 Å². The molecule has 5 heteroatoms. The molecule has 0 fully saturated rings. The summed E-state index contributed by atoms with van der Waals surface area (Å²) in [4.78, 5) is 10.3. The molecule has 1 N–H and O–H groups in total. The molecule has 0 bridgehead atoms. The average molecular weight is 218 g/mol. The van der Waals surface area contributed by atoms with Gasteiger partial charge in [0, 0.05) is 0 Å². The fourth-order valence-corrected chi connectivity index (χ4v) is 1.30. The van der Waals surface area contributed by atoms with Crippen molar-refractivity contribution in [3.05, 3.63) is 42.2 Å². The maximum Gasteiger partial charge on any atom is 0.511 e. The van der Waals surface area contributed by atoms with E-state index in [0.717, 1.165) is 11.3 Å². The lowest BCUT2D eigenvalue weighted by molar-refractivity contribution is 0.144. The summed E-state index contributed by atoms with van der Waals surface area (Å²) in [6.07, 6.45) is 1.52. The molecule has 2 aromatic rings. The minimum atomic E-state index is -1.34. The van der Waals surface area contributed by atoms with Crippen LogP contribution in [0, 0.1) is 6.92 Å². The molecule has 2 rings (SSSR count). The third kappa shape index (κ3) is 2.20. The molecule has 1 heterocycles. The summed E-state index contributed by atoms with van der Waals surface area (Å²) in [7, 11) is 0. The molecule has 1 aromatic carbocycles. The number of benzene rings is 1. The zero-order valence-electron chi connectivity index (χ0n) is 8.62. The smallest absolute Gasteiger partial charge is 0.449 e. The topological polar surface area (TPSA) is 64.3 Å². The van der Waals surface area contributed by atoms with E-state index in [1.807, 2.05) is 31.2 Å². The number of hydrogen-bond donors (Lipinski definition) is 1. The number of nitrogens with zero attached hydrogens (tertiary/aromatic N) is 2. The maximum atomic E-state index is 10.3. The van der Waals surface area contributed by atoms with Crippen molar-refractivity contribution >= 4 is 6.16 Å². The van der Waals surface area contributed by atoms with Crippen LogP contribution in [0.3, 0.4) is 0 Å². The third-order valence-electron chi connectivity index (χ3n) is 2.06. The summed E-state index contributed by atoms with van der Waals surface area (Å²) in [6.45, 7) is 1.99. The summed E-state index contributed by atoms with van der Waals surface area (Å²) < 4.78 is 6.03. The average Bonchev–Trinajstić information content (AvgIpc) is 2.66. The van der Waals surface area contributed by atoms with Crippen LogP contribution in [0.25, 0.3) is 5.69 Å². The van der Waals surface area contributed by atoms with Gasteiger partial charge in [0.05, 0.1) is 18.1 Å². The zero-order chi connectivity index (χ0) is 11.5. The van der Waals surface area contributed by atoms with E-state index >= 15 is 0 Å². The van der Waals surface area contributed by atoms with E-state index in [1.54, 1.807) is 4.68 Å². The molecular weight excluding hydrogens is 208 g/mol. The van der Waals surface area contributed by atoms with Crippen LogP contribution in [0.4, 0.5) is 4.79 Å². The monoisotopic (exact) mass is 218 g/mol. The first-order chi connectivity index (χ1) is 7.65. The molecule has 16 heavy (non-hydrogen) atoms. The first-order valence-electron chi connectivity index (χ1n) is 4.67. The van der Waals surface area contributed by atoms with Crippen LogP contribution >= 0.6 is 0 Å². The van der Waals surface area contributed by atoms with E-state index in [2.05, 4.69) is 9.84 Å². The Morgan fingerprint density at radius 1 is 1.38 bits per heavy atom. The highest BCUT2D eigenvalue weighted by molar-refractivity contribution is 5.60. The van der Waals surface area contributed by atoms with Gasteiger partial charge in [-0.1, -0.05) is 17.7 Å². The van der Waals surface area contributed by atoms with Crippen molar-refractivity contribution in [3.63, 3.8) is 0 Å². The lowest BCUT2D eigenvalue weighted by Gasteiger charge is -2.00. The summed E-state index contributed by atoms with van der Waals surface area (Å²) >= 11 is 0. The van der Waals surface area contributed by atoms with Crippen LogP contribution in [0.15, 0.2) is 36.7 Å². The van der Waals surface area contributed by atoms with E-state index in [4.69, 9.17) is 5.11 Å². The number of aromatic nitrogens is 2. The molecule has 0 amide bonds. The molecule has 0 saturated carbocycles. The maximum absolute atomic E-state index is 10.3. The second-order valence-electron chi connectivity index (χ2n) is 3.32. The highest BCUT2D eigenvalue weighted by Gasteiger charge is 2.05. The Labute approximate surface area is 91.9 Å². The second kappa shape index (κ2) is 4.06. The van der Waals surface area contributed by atoms with Crippen molar-refractivity contribution in [2.75, 3.05) is 0 Å². The summed E-state index contributed by atoms with van der Waals surface area (Å²) in [6, 6.07) is 7.70. The highest BCUT2D eigenvalue weighted by atomic mass is 16.7. The van der Waals surface area contributed by atoms with Crippen LogP contribution in [0.5, 0.6) is 5.75 Å². The first-order valence-corrected chi connectivity index (χ1v) is 4.67. The minimum Gasteiger partial charge on any atom is -0.449 e. The van der Waals surface area contributed by atoms with Gasteiger partial charge in [0.25, 0.3) is 0 Å². The van der Waals surface area contributed by atoms with Gasteiger partial charge in [0.15, 0.2) is 5.75 Å². The number of rotatable bonds is 2. The normalized spacial score (nSPS) is 10.1. The van der Waals surface area contributed by atoms with Gasteiger partial charge in [0.1, 0.15) is 0 Å². The predicted octanol–water partition coefficient (Wildman–Crippen LogP) is 2.24. The first kappa shape index (κ1) is 10.2. The van der Waals surface area contributed by atoms with Crippen LogP contribution < -0.4 is 4.74 Å². The standard InChI is InChI=1S/C11H10N2O3/c1-8-2-4-9(5-3-8)13-7-10(6-12-13)16-11(14)15/h2-7H,1H3,(H,14,15). The minimum absolute atomic E-state index is 0.202. The van der Waals surface area contributed by atoms with Crippen molar-refractivity contribution in [2.24, 2.45) is 0 Å².